The van der Waals surface area contributed by atoms with Crippen molar-refractivity contribution >= 4 is 11.0 Å². The van der Waals surface area contributed by atoms with E-state index in [2.05, 4.69) is 77.0 Å². The lowest BCUT2D eigenvalue weighted by Gasteiger charge is -2.03. The minimum atomic E-state index is 0.625. The molecule has 0 unspecified atom stereocenters. The summed E-state index contributed by atoms with van der Waals surface area (Å²) in [5, 5.41) is 0. The average Bonchev–Trinajstić information content (AvgIpc) is 3.13. The standard InChI is InChI=1S/C27H39N2O/c1-2-3-4-5-6-7-8-9-10-16-21-30-24-29-23-28(22-25-17-12-11-13-18-25)26-19-14-15-20-27(26)29/h11-15,17-20,23H,2-10,16,21-22,24H2,1H3/q+1. The number of benzene rings is 2. The lowest BCUT2D eigenvalue weighted by molar-refractivity contribution is -0.663. The van der Waals surface area contributed by atoms with Gasteiger partial charge in [0.1, 0.15) is 6.54 Å². The molecule has 3 rings (SSSR count). The van der Waals surface area contributed by atoms with Crippen LogP contribution in [0.3, 0.4) is 0 Å². The minimum absolute atomic E-state index is 0.625. The monoisotopic (exact) mass is 407 g/mol. The summed E-state index contributed by atoms with van der Waals surface area (Å²) in [6.45, 7) is 4.64. The Morgan fingerprint density at radius 2 is 1.37 bits per heavy atom. The molecular weight excluding hydrogens is 368 g/mol. The van der Waals surface area contributed by atoms with Gasteiger partial charge in [-0.1, -0.05) is 107 Å². The third-order valence-electron chi connectivity index (χ3n) is 5.85. The van der Waals surface area contributed by atoms with Crippen LogP contribution in [0.15, 0.2) is 60.9 Å². The van der Waals surface area contributed by atoms with Gasteiger partial charge < -0.3 is 4.74 Å². The Kier molecular flexibility index (Phi) is 9.94. The lowest BCUT2D eigenvalue weighted by atomic mass is 10.1. The van der Waals surface area contributed by atoms with Crippen molar-refractivity contribution in [1.82, 2.24) is 4.57 Å². The van der Waals surface area contributed by atoms with Crippen molar-refractivity contribution in [3.63, 3.8) is 0 Å². The zero-order valence-electron chi connectivity index (χ0n) is 18.8. The number of hydrogen-bond donors (Lipinski definition) is 0. The van der Waals surface area contributed by atoms with E-state index in [1.165, 1.54) is 80.8 Å². The van der Waals surface area contributed by atoms with Crippen LogP contribution in [0.2, 0.25) is 0 Å². The number of unbranched alkanes of at least 4 members (excludes halogenated alkanes) is 9. The van der Waals surface area contributed by atoms with E-state index >= 15 is 0 Å². The Balaban J connectivity index is 1.37. The third-order valence-corrected chi connectivity index (χ3v) is 5.85. The Hall–Kier alpha value is -2.13. The maximum Gasteiger partial charge on any atom is 0.246 e. The number of fused-ring (bicyclic) bond motifs is 1. The molecule has 0 atom stereocenters. The molecule has 1 aromatic heterocycles. The summed E-state index contributed by atoms with van der Waals surface area (Å²) in [6.07, 6.45) is 15.8. The maximum atomic E-state index is 6.01. The van der Waals surface area contributed by atoms with Crippen LogP contribution in [-0.4, -0.2) is 11.2 Å². The van der Waals surface area contributed by atoms with Gasteiger partial charge in [-0.2, -0.15) is 0 Å². The second-order valence-corrected chi connectivity index (χ2v) is 8.41. The Morgan fingerprint density at radius 3 is 2.10 bits per heavy atom. The first-order chi connectivity index (χ1) is 14.9. The molecule has 0 spiro atoms. The van der Waals surface area contributed by atoms with E-state index in [1.54, 1.807) is 0 Å². The molecule has 3 nitrogen and oxygen atoms in total. The van der Waals surface area contributed by atoms with Crippen LogP contribution in [-0.2, 0) is 18.0 Å². The molecule has 0 aliphatic heterocycles. The Bertz CT molecular complexity index is 840. The predicted octanol–water partition coefficient (Wildman–Crippen LogP) is 6.87. The van der Waals surface area contributed by atoms with Crippen LogP contribution in [0.25, 0.3) is 11.0 Å². The zero-order valence-corrected chi connectivity index (χ0v) is 18.8. The first kappa shape index (κ1) is 22.6. The van der Waals surface area contributed by atoms with E-state index in [1.807, 2.05) is 0 Å². The molecular formula is C27H39N2O+. The van der Waals surface area contributed by atoms with Gasteiger partial charge in [-0.3, -0.25) is 0 Å². The topological polar surface area (TPSA) is 18.0 Å². The minimum Gasteiger partial charge on any atom is -0.342 e. The van der Waals surface area contributed by atoms with Gasteiger partial charge in [0.25, 0.3) is 0 Å². The van der Waals surface area contributed by atoms with E-state index in [0.29, 0.717) is 6.73 Å². The van der Waals surface area contributed by atoms with Gasteiger partial charge in [0.2, 0.25) is 6.33 Å². The molecule has 0 amide bonds. The smallest absolute Gasteiger partial charge is 0.246 e. The van der Waals surface area contributed by atoms with Gasteiger partial charge in [-0.25, -0.2) is 9.13 Å². The molecule has 0 fully saturated rings. The van der Waals surface area contributed by atoms with Crippen LogP contribution in [0.1, 0.15) is 76.7 Å². The predicted molar refractivity (Wildman–Crippen MR) is 125 cm³/mol. The highest BCUT2D eigenvalue weighted by atomic mass is 16.5. The average molecular weight is 408 g/mol. The quantitative estimate of drug-likeness (QED) is 0.198. The third kappa shape index (κ3) is 7.28. The van der Waals surface area contributed by atoms with E-state index in [4.69, 9.17) is 4.74 Å². The molecule has 162 valence electrons. The molecule has 0 saturated heterocycles. The van der Waals surface area contributed by atoms with Crippen LogP contribution >= 0.6 is 0 Å². The van der Waals surface area contributed by atoms with Crippen molar-refractivity contribution in [3.05, 3.63) is 66.5 Å². The Morgan fingerprint density at radius 1 is 0.733 bits per heavy atom. The highest BCUT2D eigenvalue weighted by Gasteiger charge is 2.15. The number of nitrogens with zero attached hydrogens (tertiary/aromatic N) is 2. The number of aromatic nitrogens is 2. The number of rotatable bonds is 15. The highest BCUT2D eigenvalue weighted by molar-refractivity contribution is 5.71. The fourth-order valence-electron chi connectivity index (χ4n) is 4.11. The number of para-hydroxylation sites is 2. The van der Waals surface area contributed by atoms with Crippen molar-refractivity contribution < 1.29 is 9.30 Å². The van der Waals surface area contributed by atoms with Crippen molar-refractivity contribution in [2.45, 2.75) is 84.4 Å². The normalized spacial score (nSPS) is 11.4. The summed E-state index contributed by atoms with van der Waals surface area (Å²) in [6, 6.07) is 19.2. The van der Waals surface area contributed by atoms with Gasteiger partial charge in [-0.05, 0) is 24.1 Å². The first-order valence-corrected chi connectivity index (χ1v) is 12.0. The zero-order chi connectivity index (χ0) is 20.9. The summed E-state index contributed by atoms with van der Waals surface area (Å²) in [5.41, 5.74) is 3.80. The van der Waals surface area contributed by atoms with Crippen LogP contribution in [0.5, 0.6) is 0 Å². The number of imidazole rings is 1. The molecule has 3 heteroatoms. The van der Waals surface area contributed by atoms with Crippen molar-refractivity contribution in [1.29, 1.82) is 0 Å². The molecule has 2 aromatic carbocycles. The van der Waals surface area contributed by atoms with Gasteiger partial charge in [0.05, 0.1) is 6.61 Å². The summed E-state index contributed by atoms with van der Waals surface area (Å²) in [4.78, 5) is 0. The summed E-state index contributed by atoms with van der Waals surface area (Å²) in [7, 11) is 0. The molecule has 1 heterocycles. The van der Waals surface area contributed by atoms with Crippen molar-refractivity contribution in [2.75, 3.05) is 6.61 Å². The summed E-state index contributed by atoms with van der Waals surface area (Å²) in [5.74, 6) is 0. The molecule has 30 heavy (non-hydrogen) atoms. The molecule has 0 N–H and O–H groups in total. The summed E-state index contributed by atoms with van der Waals surface area (Å²) < 4.78 is 10.6. The van der Waals surface area contributed by atoms with E-state index < -0.39 is 0 Å². The van der Waals surface area contributed by atoms with Gasteiger partial charge in [0, 0.05) is 0 Å². The molecule has 0 radical (unpaired) electrons. The summed E-state index contributed by atoms with van der Waals surface area (Å²) >= 11 is 0. The lowest BCUT2D eigenvalue weighted by Crippen LogP contribution is -2.32. The fraction of sp³-hybridized carbons (Fsp3) is 0.519. The van der Waals surface area contributed by atoms with E-state index in [-0.39, 0.29) is 0 Å². The van der Waals surface area contributed by atoms with Gasteiger partial charge in [0.15, 0.2) is 17.8 Å². The molecule has 0 aliphatic carbocycles. The second kappa shape index (κ2) is 13.2. The SMILES string of the molecule is CCCCCCCCCCCCOCn1c[n+](Cc2ccccc2)c2ccccc21. The Labute approximate surface area is 182 Å². The van der Waals surface area contributed by atoms with Crippen molar-refractivity contribution in [2.24, 2.45) is 0 Å². The molecule has 0 aliphatic rings. The van der Waals surface area contributed by atoms with Gasteiger partial charge in [-0.15, -0.1) is 0 Å². The van der Waals surface area contributed by atoms with E-state index in [9.17, 15) is 0 Å². The largest absolute Gasteiger partial charge is 0.342 e. The number of hydrogen-bond acceptors (Lipinski definition) is 1. The van der Waals surface area contributed by atoms with Crippen LogP contribution in [0, 0.1) is 0 Å². The highest BCUT2D eigenvalue weighted by Crippen LogP contribution is 2.13. The van der Waals surface area contributed by atoms with Crippen LogP contribution < -0.4 is 4.57 Å². The molecule has 0 saturated carbocycles. The maximum absolute atomic E-state index is 6.01. The molecule has 0 bridgehead atoms. The fourth-order valence-corrected chi connectivity index (χ4v) is 4.11. The van der Waals surface area contributed by atoms with E-state index in [0.717, 1.165) is 13.2 Å². The van der Waals surface area contributed by atoms with Crippen LogP contribution in [0.4, 0.5) is 0 Å². The van der Waals surface area contributed by atoms with Gasteiger partial charge >= 0.3 is 0 Å². The molecule has 3 aromatic rings. The van der Waals surface area contributed by atoms with Crippen molar-refractivity contribution in [3.8, 4) is 0 Å². The first-order valence-electron chi connectivity index (χ1n) is 12.0. The number of ether oxygens (including phenoxy) is 1. The second-order valence-electron chi connectivity index (χ2n) is 8.41.